The summed E-state index contributed by atoms with van der Waals surface area (Å²) in [5, 5.41) is 3.24. The number of ether oxygens (including phenoxy) is 5. The highest BCUT2D eigenvalue weighted by Gasteiger charge is 2.27. The summed E-state index contributed by atoms with van der Waals surface area (Å²) in [6.07, 6.45) is 1.85. The van der Waals surface area contributed by atoms with E-state index < -0.39 is 6.09 Å². The van der Waals surface area contributed by atoms with Gasteiger partial charge < -0.3 is 38.8 Å². The van der Waals surface area contributed by atoms with Crippen molar-refractivity contribution in [1.82, 2.24) is 19.8 Å². The maximum atomic E-state index is 14.0. The van der Waals surface area contributed by atoms with E-state index in [1.54, 1.807) is 44.7 Å². The van der Waals surface area contributed by atoms with Gasteiger partial charge in [-0.2, -0.15) is 4.98 Å². The summed E-state index contributed by atoms with van der Waals surface area (Å²) in [5.41, 5.74) is 4.19. The molecule has 1 N–H and O–H groups in total. The second kappa shape index (κ2) is 16.4. The Hall–Kier alpha value is -5.07. The van der Waals surface area contributed by atoms with Crippen molar-refractivity contribution >= 4 is 29.2 Å². The quantitative estimate of drug-likeness (QED) is 0.157. The van der Waals surface area contributed by atoms with Crippen LogP contribution < -0.4 is 33.9 Å². The van der Waals surface area contributed by atoms with Crippen LogP contribution >= 0.6 is 0 Å². The summed E-state index contributed by atoms with van der Waals surface area (Å²) in [6.45, 7) is 11.9. The zero-order chi connectivity index (χ0) is 34.9. The first-order valence-electron chi connectivity index (χ1n) is 16.3. The molecule has 4 aromatic rings. The molecule has 2 heterocycles. The lowest BCUT2D eigenvalue weighted by atomic mass is 10.0. The minimum Gasteiger partial charge on any atom is -0.497 e. The van der Waals surface area contributed by atoms with E-state index in [0.717, 1.165) is 55.8 Å². The molecule has 1 aliphatic rings. The number of anilines is 4. The summed E-state index contributed by atoms with van der Waals surface area (Å²) in [7, 11) is 6.83. The monoisotopic (exact) mass is 670 g/mol. The average molecular weight is 671 g/mol. The fourth-order valence-corrected chi connectivity index (χ4v) is 5.89. The van der Waals surface area contributed by atoms with Crippen molar-refractivity contribution in [2.75, 3.05) is 77.9 Å². The van der Waals surface area contributed by atoms with Gasteiger partial charge in [0.2, 0.25) is 5.95 Å². The highest BCUT2D eigenvalue weighted by Crippen LogP contribution is 2.36. The molecule has 1 aromatic heterocycles. The number of aryl methyl sites for hydroxylation is 3. The van der Waals surface area contributed by atoms with Crippen LogP contribution in [0.3, 0.4) is 0 Å². The number of methoxy groups -OCH3 is 3. The molecular weight excluding hydrogens is 624 g/mol. The molecular formula is C37H46N6O6. The van der Waals surface area contributed by atoms with Gasteiger partial charge >= 0.3 is 6.09 Å². The van der Waals surface area contributed by atoms with Gasteiger partial charge in [0, 0.05) is 62.8 Å². The summed E-state index contributed by atoms with van der Waals surface area (Å²) >= 11 is 0. The van der Waals surface area contributed by atoms with Crippen molar-refractivity contribution in [3.63, 3.8) is 0 Å². The molecule has 1 amide bonds. The van der Waals surface area contributed by atoms with Gasteiger partial charge in [-0.3, -0.25) is 0 Å². The Morgan fingerprint density at radius 2 is 1.53 bits per heavy atom. The number of aromatic nitrogens is 2. The summed E-state index contributed by atoms with van der Waals surface area (Å²) in [6, 6.07) is 16.3. The Morgan fingerprint density at radius 1 is 0.837 bits per heavy atom. The van der Waals surface area contributed by atoms with E-state index in [1.165, 1.54) is 12.0 Å². The minimum absolute atomic E-state index is 0.238. The highest BCUT2D eigenvalue weighted by atomic mass is 16.6. The topological polar surface area (TPSA) is 111 Å². The molecule has 0 spiro atoms. The predicted molar refractivity (Wildman–Crippen MR) is 191 cm³/mol. The number of carbonyl (C=O) groups is 1. The highest BCUT2D eigenvalue weighted by molar-refractivity contribution is 5.98. The number of piperazine rings is 1. The fraction of sp³-hybridized carbons (Fsp3) is 0.378. The third-order valence-electron chi connectivity index (χ3n) is 8.37. The molecule has 1 saturated heterocycles. The molecule has 0 unspecified atom stereocenters. The Bertz CT molecular complexity index is 1720. The van der Waals surface area contributed by atoms with E-state index in [1.807, 2.05) is 51.1 Å². The van der Waals surface area contributed by atoms with Gasteiger partial charge in [-0.1, -0.05) is 17.7 Å². The van der Waals surface area contributed by atoms with Crippen molar-refractivity contribution in [3.05, 3.63) is 77.5 Å². The molecule has 0 bridgehead atoms. The fourth-order valence-electron chi connectivity index (χ4n) is 5.89. The van der Waals surface area contributed by atoms with Crippen molar-refractivity contribution in [3.8, 4) is 28.7 Å². The maximum Gasteiger partial charge on any atom is 0.425 e. The number of nitrogens with zero attached hydrogens (tertiary/aromatic N) is 5. The molecule has 12 heteroatoms. The second-order valence-corrected chi connectivity index (χ2v) is 12.0. The third-order valence-corrected chi connectivity index (χ3v) is 8.37. The zero-order valence-corrected chi connectivity index (χ0v) is 29.4. The normalized spacial score (nSPS) is 13.4. The molecule has 0 aliphatic carbocycles. The summed E-state index contributed by atoms with van der Waals surface area (Å²) < 4.78 is 28.4. The molecule has 12 nitrogen and oxygen atoms in total. The third kappa shape index (κ3) is 8.89. The van der Waals surface area contributed by atoms with Gasteiger partial charge in [0.1, 0.15) is 11.6 Å². The SMILES string of the molecule is COc1ccc(OC(=O)N(c2ccnc(Nc3ccc(OCCCN4CCN(C)CC4)c(OC)c3)n2)c2c(C)cc(C)cc2C)c(OC)c1. The number of rotatable bonds is 13. The number of benzene rings is 3. The number of hydrogen-bond donors (Lipinski definition) is 1. The number of hydrogen-bond acceptors (Lipinski definition) is 11. The van der Waals surface area contributed by atoms with E-state index in [9.17, 15) is 4.79 Å². The lowest BCUT2D eigenvalue weighted by Gasteiger charge is -2.32. The van der Waals surface area contributed by atoms with E-state index >= 15 is 0 Å². The van der Waals surface area contributed by atoms with Gasteiger partial charge in [0.15, 0.2) is 23.0 Å². The standard InChI is InChI=1S/C37H46N6O6/c1-25-21-26(2)35(27(3)22-25)43(37(44)49-31-12-10-29(45-5)24-33(31)47-7)34-13-14-38-36(40-34)39-28-9-11-30(32(23-28)46-6)48-20-8-15-42-18-16-41(4)17-19-42/h9-14,21-24H,8,15-20H2,1-7H3,(H,38,39,40). The molecule has 3 aromatic carbocycles. The first-order chi connectivity index (χ1) is 23.7. The second-order valence-electron chi connectivity index (χ2n) is 12.0. The van der Waals surface area contributed by atoms with E-state index in [4.69, 9.17) is 28.7 Å². The van der Waals surface area contributed by atoms with Crippen molar-refractivity contribution in [1.29, 1.82) is 0 Å². The Labute approximate surface area is 288 Å². The zero-order valence-electron chi connectivity index (χ0n) is 29.4. The van der Waals surface area contributed by atoms with Gasteiger partial charge in [-0.05, 0) is 69.6 Å². The van der Waals surface area contributed by atoms with Gasteiger partial charge in [-0.25, -0.2) is 14.7 Å². The van der Waals surface area contributed by atoms with Crippen LogP contribution in [0.4, 0.5) is 27.9 Å². The Kier molecular flexibility index (Phi) is 11.8. The van der Waals surface area contributed by atoms with Crippen LogP contribution in [0, 0.1) is 20.8 Å². The largest absolute Gasteiger partial charge is 0.497 e. The number of carbonyl (C=O) groups excluding carboxylic acids is 1. The number of amides is 1. The Morgan fingerprint density at radius 3 is 2.22 bits per heavy atom. The van der Waals surface area contributed by atoms with Crippen LogP contribution in [0.25, 0.3) is 0 Å². The average Bonchev–Trinajstić information content (AvgIpc) is 3.09. The molecule has 1 aliphatic heterocycles. The lowest BCUT2D eigenvalue weighted by Crippen LogP contribution is -2.44. The van der Waals surface area contributed by atoms with Crippen LogP contribution in [0.1, 0.15) is 23.1 Å². The Balaban J connectivity index is 1.35. The first-order valence-corrected chi connectivity index (χ1v) is 16.3. The van der Waals surface area contributed by atoms with E-state index in [0.29, 0.717) is 46.8 Å². The molecule has 0 atom stereocenters. The molecule has 5 rings (SSSR count). The maximum absolute atomic E-state index is 14.0. The summed E-state index contributed by atoms with van der Waals surface area (Å²) in [4.78, 5) is 29.5. The molecule has 49 heavy (non-hydrogen) atoms. The smallest absolute Gasteiger partial charge is 0.425 e. The van der Waals surface area contributed by atoms with Gasteiger partial charge in [0.25, 0.3) is 0 Å². The van der Waals surface area contributed by atoms with Crippen LogP contribution in [0.5, 0.6) is 28.7 Å². The van der Waals surface area contributed by atoms with Gasteiger partial charge in [0.05, 0.1) is 33.6 Å². The van der Waals surface area contributed by atoms with Crippen LogP contribution in [-0.4, -0.2) is 93.6 Å². The predicted octanol–water partition coefficient (Wildman–Crippen LogP) is 6.52. The van der Waals surface area contributed by atoms with Gasteiger partial charge in [-0.15, -0.1) is 0 Å². The first kappa shape index (κ1) is 35.2. The number of nitrogens with one attached hydrogen (secondary N) is 1. The molecule has 0 radical (unpaired) electrons. The molecule has 0 saturated carbocycles. The number of likely N-dealkylation sites (N-methyl/N-ethyl adjacent to an activating group) is 1. The van der Waals surface area contributed by atoms with Crippen molar-refractivity contribution in [2.45, 2.75) is 27.2 Å². The lowest BCUT2D eigenvalue weighted by molar-refractivity contribution is 0.145. The van der Waals surface area contributed by atoms with E-state index in [2.05, 4.69) is 27.1 Å². The van der Waals surface area contributed by atoms with Crippen molar-refractivity contribution < 1.29 is 28.5 Å². The summed E-state index contributed by atoms with van der Waals surface area (Å²) in [5.74, 6) is 3.01. The van der Waals surface area contributed by atoms with Crippen molar-refractivity contribution in [2.24, 2.45) is 0 Å². The van der Waals surface area contributed by atoms with Crippen LogP contribution in [-0.2, 0) is 0 Å². The molecule has 260 valence electrons. The van der Waals surface area contributed by atoms with Crippen LogP contribution in [0.2, 0.25) is 0 Å². The van der Waals surface area contributed by atoms with E-state index in [-0.39, 0.29) is 11.7 Å². The molecule has 1 fully saturated rings. The van der Waals surface area contributed by atoms with Crippen LogP contribution in [0.15, 0.2) is 60.8 Å². The minimum atomic E-state index is -0.668.